The maximum Gasteiger partial charge on any atom is 0.249 e. The highest BCUT2D eigenvalue weighted by Crippen LogP contribution is 2.50. The van der Waals surface area contributed by atoms with Crippen molar-refractivity contribution in [2.24, 2.45) is 27.4 Å². The lowest BCUT2D eigenvalue weighted by Crippen LogP contribution is -2.59. The summed E-state index contributed by atoms with van der Waals surface area (Å²) in [6, 6.07) is 8.73. The van der Waals surface area contributed by atoms with Crippen molar-refractivity contribution < 1.29 is 18.0 Å². The van der Waals surface area contributed by atoms with E-state index in [1.54, 1.807) is 71.9 Å². The van der Waals surface area contributed by atoms with Crippen molar-refractivity contribution in [1.82, 2.24) is 10.3 Å². The number of hydrazone groups is 1. The van der Waals surface area contributed by atoms with Crippen molar-refractivity contribution in [3.8, 4) is 0 Å². The van der Waals surface area contributed by atoms with E-state index >= 15 is 0 Å². The molecule has 35 heavy (non-hydrogen) atoms. The van der Waals surface area contributed by atoms with Crippen LogP contribution in [-0.2, 0) is 24.3 Å². The predicted molar refractivity (Wildman–Crippen MR) is 145 cm³/mol. The van der Waals surface area contributed by atoms with Crippen molar-refractivity contribution in [2.75, 3.05) is 23.8 Å². The van der Waals surface area contributed by atoms with Gasteiger partial charge in [0.25, 0.3) is 0 Å². The molecule has 9 nitrogen and oxygen atoms in total. The molecule has 0 radical (unpaired) electrons. The van der Waals surface area contributed by atoms with Crippen molar-refractivity contribution in [2.45, 2.75) is 51.8 Å². The van der Waals surface area contributed by atoms with Gasteiger partial charge in [-0.1, -0.05) is 71.9 Å². The van der Waals surface area contributed by atoms with E-state index < -0.39 is 36.8 Å². The van der Waals surface area contributed by atoms with Crippen LogP contribution in [-0.4, -0.2) is 59.6 Å². The van der Waals surface area contributed by atoms with E-state index in [1.165, 1.54) is 11.8 Å². The van der Waals surface area contributed by atoms with Crippen LogP contribution < -0.4 is 16.8 Å². The third-order valence-corrected chi connectivity index (χ3v) is 9.89. The van der Waals surface area contributed by atoms with Crippen molar-refractivity contribution in [1.29, 1.82) is 0 Å². The summed E-state index contributed by atoms with van der Waals surface area (Å²) < 4.78 is 27.0. The third-order valence-electron chi connectivity index (χ3n) is 5.23. The zero-order chi connectivity index (χ0) is 26.7. The molecule has 1 aliphatic rings. The Morgan fingerprint density at radius 3 is 2.23 bits per heavy atom. The maximum absolute atomic E-state index is 13.6. The Bertz CT molecular complexity index is 1050. The molecule has 2 amide bonds. The third kappa shape index (κ3) is 6.79. The van der Waals surface area contributed by atoms with Gasteiger partial charge in [-0.2, -0.15) is 11.8 Å². The largest absolute Gasteiger partial charge is 0.330 e. The van der Waals surface area contributed by atoms with Crippen LogP contribution >= 0.6 is 23.5 Å². The highest BCUT2D eigenvalue weighted by molar-refractivity contribution is 8.15. The first-order valence-electron chi connectivity index (χ1n) is 11.3. The summed E-state index contributed by atoms with van der Waals surface area (Å²) in [4.78, 5) is 24.8. The van der Waals surface area contributed by atoms with Crippen LogP contribution in [0.4, 0.5) is 0 Å². The monoisotopic (exact) mass is 543 g/mol. The lowest BCUT2D eigenvalue weighted by Gasteiger charge is -2.41. The molecule has 0 aromatic heterocycles. The Labute approximate surface area is 217 Å². The number of rotatable bonds is 8. The molecule has 1 aromatic carbocycles. The molecule has 5 N–H and O–H groups in total. The summed E-state index contributed by atoms with van der Waals surface area (Å²) in [5.41, 5.74) is 11.0. The molecule has 1 aromatic rings. The van der Waals surface area contributed by atoms with Crippen LogP contribution in [0.15, 0.2) is 35.4 Å². The lowest BCUT2D eigenvalue weighted by molar-refractivity contribution is -0.143. The summed E-state index contributed by atoms with van der Waals surface area (Å²) in [5.74, 6) is 0.0337. The second-order valence-electron chi connectivity index (χ2n) is 10.3. The van der Waals surface area contributed by atoms with Gasteiger partial charge in [0.2, 0.25) is 11.8 Å². The van der Waals surface area contributed by atoms with Crippen LogP contribution in [0.3, 0.4) is 0 Å². The Hall–Kier alpha value is -1.60. The number of nitrogens with two attached hydrogens (primary N) is 2. The van der Waals surface area contributed by atoms with Gasteiger partial charge in [0.05, 0.1) is 5.75 Å². The minimum atomic E-state index is -3.91. The van der Waals surface area contributed by atoms with E-state index in [9.17, 15) is 18.0 Å². The maximum atomic E-state index is 13.6. The summed E-state index contributed by atoms with van der Waals surface area (Å²) in [6.45, 7) is 10.9. The Morgan fingerprint density at radius 2 is 1.71 bits per heavy atom. The van der Waals surface area contributed by atoms with Crippen LogP contribution in [0.25, 0.3) is 0 Å². The number of hydrogen-bond acceptors (Lipinski definition) is 9. The summed E-state index contributed by atoms with van der Waals surface area (Å²) in [7, 11) is -3.91. The number of amidine groups is 1. The van der Waals surface area contributed by atoms with Crippen molar-refractivity contribution >= 4 is 50.3 Å². The first-order valence-corrected chi connectivity index (χ1v) is 15.0. The fourth-order valence-corrected chi connectivity index (χ4v) is 7.63. The Balaban J connectivity index is 2.64. The van der Waals surface area contributed by atoms with Gasteiger partial charge in [0, 0.05) is 28.9 Å². The summed E-state index contributed by atoms with van der Waals surface area (Å²) in [6.07, 6.45) is 0. The fourth-order valence-electron chi connectivity index (χ4n) is 3.16. The number of nitrogens with zero attached hydrogens (tertiary/aromatic N) is 2. The highest BCUT2D eigenvalue weighted by Gasteiger charge is 2.58. The molecule has 1 aliphatic heterocycles. The van der Waals surface area contributed by atoms with Gasteiger partial charge in [-0.15, -0.1) is 5.10 Å². The normalized spacial score (nSPS) is 19.9. The van der Waals surface area contributed by atoms with E-state index in [2.05, 4.69) is 10.4 Å². The molecule has 0 aliphatic carbocycles. The molecule has 2 rings (SSSR count). The molecule has 12 heteroatoms. The molecule has 2 atom stereocenters. The van der Waals surface area contributed by atoms with Crippen LogP contribution in [0.1, 0.15) is 47.1 Å². The molecule has 0 saturated carbocycles. The standard InChI is InChI=1S/C23H37N5O4S3/c1-21(2,3)18(29)26-20-27-28(19(30)22(4,5)6)23(34-20,16-10-8-7-9-11-16)17(25)35(31,32)15-14-33-13-12-24/h7-11,17H,12-15,24-25H2,1-6H3,(H,26,27,29). The van der Waals surface area contributed by atoms with E-state index in [-0.39, 0.29) is 16.8 Å². The van der Waals surface area contributed by atoms with Crippen LogP contribution in [0.2, 0.25) is 0 Å². The number of benzene rings is 1. The molecule has 2 unspecified atom stereocenters. The minimum absolute atomic E-state index is 0.120. The number of thioether (sulfide) groups is 2. The van der Waals surface area contributed by atoms with Gasteiger partial charge in [-0.3, -0.25) is 9.59 Å². The van der Waals surface area contributed by atoms with Crippen LogP contribution in [0, 0.1) is 10.8 Å². The molecule has 196 valence electrons. The predicted octanol–water partition coefficient (Wildman–Crippen LogP) is 2.29. The number of carbonyl (C=O) groups excluding carboxylic acids is 2. The second kappa shape index (κ2) is 11.2. The van der Waals surface area contributed by atoms with E-state index in [0.717, 1.165) is 16.8 Å². The average Bonchev–Trinajstić information content (AvgIpc) is 3.14. The molecule has 0 spiro atoms. The van der Waals surface area contributed by atoms with Gasteiger partial charge in [0.15, 0.2) is 19.9 Å². The molecule has 1 heterocycles. The first kappa shape index (κ1) is 29.6. The number of amides is 2. The molecule has 0 fully saturated rings. The number of sulfone groups is 1. The van der Waals surface area contributed by atoms with E-state index in [0.29, 0.717) is 23.6 Å². The summed E-state index contributed by atoms with van der Waals surface area (Å²) >= 11 is 2.40. The van der Waals surface area contributed by atoms with Crippen LogP contribution in [0.5, 0.6) is 0 Å². The average molecular weight is 544 g/mol. The van der Waals surface area contributed by atoms with Crippen molar-refractivity contribution in [3.05, 3.63) is 35.9 Å². The number of hydrogen-bond donors (Lipinski definition) is 3. The molecule has 0 bridgehead atoms. The molecular weight excluding hydrogens is 506 g/mol. The second-order valence-corrected chi connectivity index (χ2v) is 15.0. The summed E-state index contributed by atoms with van der Waals surface area (Å²) in [5, 5.41) is 6.96. The Kier molecular flexibility index (Phi) is 9.48. The van der Waals surface area contributed by atoms with E-state index in [4.69, 9.17) is 11.5 Å². The first-order chi connectivity index (χ1) is 16.1. The van der Waals surface area contributed by atoms with E-state index in [1.807, 2.05) is 0 Å². The fraction of sp³-hybridized carbons (Fsp3) is 0.609. The van der Waals surface area contributed by atoms with Gasteiger partial charge in [-0.25, -0.2) is 13.4 Å². The van der Waals surface area contributed by atoms with Gasteiger partial charge < -0.3 is 16.8 Å². The zero-order valence-electron chi connectivity index (χ0n) is 21.2. The quantitative estimate of drug-likeness (QED) is 0.423. The molecular formula is C23H37N5O4S3. The van der Waals surface area contributed by atoms with Gasteiger partial charge >= 0.3 is 0 Å². The smallest absolute Gasteiger partial charge is 0.249 e. The lowest BCUT2D eigenvalue weighted by atomic mass is 9.93. The van der Waals surface area contributed by atoms with Gasteiger partial charge in [0.1, 0.15) is 5.37 Å². The number of nitrogens with one attached hydrogen (secondary N) is 1. The topological polar surface area (TPSA) is 148 Å². The van der Waals surface area contributed by atoms with Crippen molar-refractivity contribution in [3.63, 3.8) is 0 Å². The minimum Gasteiger partial charge on any atom is -0.330 e. The molecule has 0 saturated heterocycles. The highest BCUT2D eigenvalue weighted by atomic mass is 32.2. The number of carbonyl (C=O) groups is 2. The Morgan fingerprint density at radius 1 is 1.11 bits per heavy atom. The van der Waals surface area contributed by atoms with Gasteiger partial charge in [-0.05, 0) is 17.3 Å². The zero-order valence-corrected chi connectivity index (χ0v) is 23.6. The SMILES string of the molecule is CC(C)(C)C(=O)NC1=NN(C(=O)C(C)(C)C)C(c2ccccc2)(C(N)S(=O)(=O)CCSCCN)S1.